The van der Waals surface area contributed by atoms with Gasteiger partial charge in [-0.3, -0.25) is 0 Å². The van der Waals surface area contributed by atoms with Gasteiger partial charge in [0.2, 0.25) is 0 Å². The number of H-pyrrole nitrogens is 1. The number of morpholine rings is 1. The number of ether oxygens (including phenoxy) is 1. The molecule has 1 aliphatic heterocycles. The highest BCUT2D eigenvalue weighted by molar-refractivity contribution is 5.96. The fourth-order valence-electron chi connectivity index (χ4n) is 4.51. The van der Waals surface area contributed by atoms with E-state index >= 15 is 0 Å². The van der Waals surface area contributed by atoms with E-state index in [1.54, 1.807) is 0 Å². The van der Waals surface area contributed by atoms with E-state index < -0.39 is 0 Å². The Hall–Kier alpha value is -3.71. The lowest BCUT2D eigenvalue weighted by molar-refractivity contribution is 0.0987. The maximum Gasteiger partial charge on any atom is 0.162 e. The SMILES string of the molecule is C[C@@H]1COCCN1c1nc(-c2cccc3[nH]ccc23)nc2ccc(-c3cccn3C)nc12. The molecule has 5 aromatic rings. The van der Waals surface area contributed by atoms with Gasteiger partial charge in [0.25, 0.3) is 0 Å². The third-order valence-electron chi connectivity index (χ3n) is 6.21. The summed E-state index contributed by atoms with van der Waals surface area (Å²) in [5.41, 5.74) is 5.73. The number of fused-ring (bicyclic) bond motifs is 2. The molecule has 0 bridgehead atoms. The number of anilines is 1. The van der Waals surface area contributed by atoms with Gasteiger partial charge in [0, 0.05) is 42.5 Å². The van der Waals surface area contributed by atoms with Gasteiger partial charge in [-0.2, -0.15) is 0 Å². The standard InChI is InChI=1S/C25H24N6O/c1-16-15-32-14-13-31(16)25-23-21(9-8-20(27-23)22-7-4-12-30(22)2)28-24(29-25)18-5-3-6-19-17(18)10-11-26-19/h3-12,16,26H,13-15H2,1-2H3/t16-/m1/s1. The minimum atomic E-state index is 0.207. The van der Waals surface area contributed by atoms with E-state index in [1.807, 2.05) is 37.6 Å². The Bertz CT molecular complexity index is 1440. The molecule has 7 heteroatoms. The van der Waals surface area contributed by atoms with Gasteiger partial charge in [-0.15, -0.1) is 0 Å². The first-order chi connectivity index (χ1) is 15.7. The molecule has 7 nitrogen and oxygen atoms in total. The van der Waals surface area contributed by atoms with Crippen molar-refractivity contribution in [2.75, 3.05) is 24.7 Å². The van der Waals surface area contributed by atoms with Gasteiger partial charge in [0.1, 0.15) is 5.52 Å². The quantitative estimate of drug-likeness (QED) is 0.465. The summed E-state index contributed by atoms with van der Waals surface area (Å²) in [6.45, 7) is 4.29. The molecule has 0 saturated carbocycles. The largest absolute Gasteiger partial charge is 0.377 e. The molecule has 0 spiro atoms. The van der Waals surface area contributed by atoms with Crippen molar-refractivity contribution in [1.82, 2.24) is 24.5 Å². The first-order valence-electron chi connectivity index (χ1n) is 10.9. The molecule has 1 fully saturated rings. The molecule has 6 rings (SSSR count). The van der Waals surface area contributed by atoms with Gasteiger partial charge >= 0.3 is 0 Å². The number of aromatic nitrogens is 5. The number of hydrogen-bond acceptors (Lipinski definition) is 5. The zero-order valence-electron chi connectivity index (χ0n) is 18.1. The summed E-state index contributed by atoms with van der Waals surface area (Å²) in [7, 11) is 2.03. The monoisotopic (exact) mass is 424 g/mol. The van der Waals surface area contributed by atoms with E-state index in [0.29, 0.717) is 19.0 Å². The number of hydrogen-bond donors (Lipinski definition) is 1. The number of nitrogens with one attached hydrogen (secondary N) is 1. The van der Waals surface area contributed by atoms with Crippen LogP contribution < -0.4 is 4.90 Å². The number of aryl methyl sites for hydroxylation is 1. The van der Waals surface area contributed by atoms with Crippen molar-refractivity contribution in [3.63, 3.8) is 0 Å². The number of nitrogens with zero attached hydrogens (tertiary/aromatic N) is 5. The maximum atomic E-state index is 5.69. The third kappa shape index (κ3) is 3.05. The molecule has 1 atom stereocenters. The van der Waals surface area contributed by atoms with E-state index in [9.17, 15) is 0 Å². The highest BCUT2D eigenvalue weighted by atomic mass is 16.5. The molecule has 5 heterocycles. The van der Waals surface area contributed by atoms with Crippen LogP contribution in [0.3, 0.4) is 0 Å². The van der Waals surface area contributed by atoms with Crippen molar-refractivity contribution in [3.05, 3.63) is 60.9 Å². The summed E-state index contributed by atoms with van der Waals surface area (Å²) < 4.78 is 7.77. The number of rotatable bonds is 3. The molecule has 0 radical (unpaired) electrons. The van der Waals surface area contributed by atoms with E-state index in [2.05, 4.69) is 51.7 Å². The molecule has 4 aromatic heterocycles. The smallest absolute Gasteiger partial charge is 0.162 e. The molecule has 0 amide bonds. The summed E-state index contributed by atoms with van der Waals surface area (Å²) in [6.07, 6.45) is 3.98. The molecular formula is C25H24N6O. The predicted molar refractivity (Wildman–Crippen MR) is 127 cm³/mol. The lowest BCUT2D eigenvalue weighted by Crippen LogP contribution is -2.44. The normalized spacial score (nSPS) is 16.8. The first kappa shape index (κ1) is 19.0. The molecule has 0 unspecified atom stereocenters. The molecule has 32 heavy (non-hydrogen) atoms. The van der Waals surface area contributed by atoms with Gasteiger partial charge in [0.05, 0.1) is 36.2 Å². The van der Waals surface area contributed by atoms with Crippen molar-refractivity contribution in [1.29, 1.82) is 0 Å². The van der Waals surface area contributed by atoms with Crippen LogP contribution in [0.4, 0.5) is 5.82 Å². The minimum absolute atomic E-state index is 0.207. The van der Waals surface area contributed by atoms with Crippen LogP contribution in [0, 0.1) is 0 Å². The van der Waals surface area contributed by atoms with E-state index in [-0.39, 0.29) is 6.04 Å². The number of pyridine rings is 1. The zero-order valence-corrected chi connectivity index (χ0v) is 18.1. The van der Waals surface area contributed by atoms with E-state index in [4.69, 9.17) is 19.7 Å². The van der Waals surface area contributed by atoms with Crippen molar-refractivity contribution >= 4 is 27.8 Å². The summed E-state index contributed by atoms with van der Waals surface area (Å²) >= 11 is 0. The van der Waals surface area contributed by atoms with Crippen molar-refractivity contribution < 1.29 is 4.74 Å². The van der Waals surface area contributed by atoms with E-state index in [1.165, 1.54) is 0 Å². The van der Waals surface area contributed by atoms with Gasteiger partial charge in [0.15, 0.2) is 11.6 Å². The average molecular weight is 425 g/mol. The van der Waals surface area contributed by atoms with Crippen LogP contribution >= 0.6 is 0 Å². The highest BCUT2D eigenvalue weighted by Crippen LogP contribution is 2.33. The predicted octanol–water partition coefficient (Wildman–Crippen LogP) is 4.40. The summed E-state index contributed by atoms with van der Waals surface area (Å²) in [4.78, 5) is 20.7. The van der Waals surface area contributed by atoms with E-state index in [0.717, 1.165) is 51.3 Å². The Kier molecular flexibility index (Phi) is 4.43. The third-order valence-corrected chi connectivity index (χ3v) is 6.21. The molecule has 1 saturated heterocycles. The molecule has 0 aliphatic carbocycles. The molecule has 1 N–H and O–H groups in total. The van der Waals surface area contributed by atoms with Gasteiger partial charge < -0.3 is 19.2 Å². The van der Waals surface area contributed by atoms with Crippen molar-refractivity contribution in [2.24, 2.45) is 7.05 Å². The van der Waals surface area contributed by atoms with Crippen LogP contribution in [0.15, 0.2) is 60.9 Å². The number of aromatic amines is 1. The Labute approximate surface area is 185 Å². The van der Waals surface area contributed by atoms with Gasteiger partial charge in [-0.25, -0.2) is 15.0 Å². The molecular weight excluding hydrogens is 400 g/mol. The lowest BCUT2D eigenvalue weighted by Gasteiger charge is -2.34. The molecule has 160 valence electrons. The second-order valence-electron chi connectivity index (χ2n) is 8.30. The fourth-order valence-corrected chi connectivity index (χ4v) is 4.51. The Balaban J connectivity index is 1.60. The summed E-state index contributed by atoms with van der Waals surface area (Å²) in [6, 6.07) is 16.7. The van der Waals surface area contributed by atoms with Gasteiger partial charge in [-0.1, -0.05) is 12.1 Å². The van der Waals surface area contributed by atoms with Crippen LogP contribution in [0.25, 0.3) is 44.7 Å². The van der Waals surface area contributed by atoms with Crippen LogP contribution in [0.1, 0.15) is 6.92 Å². The average Bonchev–Trinajstić information content (AvgIpc) is 3.47. The van der Waals surface area contributed by atoms with Crippen molar-refractivity contribution in [3.8, 4) is 22.8 Å². The fraction of sp³-hybridized carbons (Fsp3) is 0.240. The van der Waals surface area contributed by atoms with Crippen LogP contribution in [-0.4, -0.2) is 50.3 Å². The van der Waals surface area contributed by atoms with Crippen molar-refractivity contribution in [2.45, 2.75) is 13.0 Å². The highest BCUT2D eigenvalue weighted by Gasteiger charge is 2.25. The van der Waals surface area contributed by atoms with Crippen LogP contribution in [-0.2, 0) is 11.8 Å². The second kappa shape index (κ2) is 7.46. The minimum Gasteiger partial charge on any atom is -0.377 e. The first-order valence-corrected chi connectivity index (χ1v) is 10.9. The van der Waals surface area contributed by atoms with Crippen LogP contribution in [0.5, 0.6) is 0 Å². The lowest BCUT2D eigenvalue weighted by atomic mass is 10.1. The van der Waals surface area contributed by atoms with Crippen LogP contribution in [0.2, 0.25) is 0 Å². The summed E-state index contributed by atoms with van der Waals surface area (Å²) in [5, 5.41) is 1.11. The number of benzene rings is 1. The van der Waals surface area contributed by atoms with Gasteiger partial charge in [-0.05, 0) is 43.3 Å². The maximum absolute atomic E-state index is 5.69. The molecule has 1 aromatic carbocycles. The topological polar surface area (TPSA) is 71.9 Å². The summed E-state index contributed by atoms with van der Waals surface area (Å²) in [5.74, 6) is 1.58. The Morgan fingerprint density at radius 3 is 2.81 bits per heavy atom. The Morgan fingerprint density at radius 1 is 1.03 bits per heavy atom. The second-order valence-corrected chi connectivity index (χ2v) is 8.30. The zero-order chi connectivity index (χ0) is 21.7. The molecule has 1 aliphatic rings. The Morgan fingerprint density at radius 2 is 1.97 bits per heavy atom.